The zero-order chi connectivity index (χ0) is 34.0. The van der Waals surface area contributed by atoms with Crippen LogP contribution in [-0.4, -0.2) is 322 Å². The van der Waals surface area contributed by atoms with Crippen molar-refractivity contribution in [1.29, 1.82) is 5.26 Å². The average molecular weight is 2090 g/mol. The van der Waals surface area contributed by atoms with Gasteiger partial charge in [0.1, 0.15) is 5.82 Å². The molecule has 0 atom stereocenters. The number of benzene rings is 2. The summed E-state index contributed by atoms with van der Waals surface area (Å²) in [6.07, 6.45) is 17.1. The SMILES string of the molecule is CCCCC#N.CCCCc1nc2ccccc2s1.CCCCc1nccn1C.CCCCc1nnn(COCc2ccccc2)n1.[SnH].[SnH].[SnH].[SnH].[SnH].[SnH].[SnH].[SnH].[Sn].[Sn].[Sn].[Sn]. The van der Waals surface area contributed by atoms with Gasteiger partial charge in [-0.2, -0.15) is 5.26 Å². The molecule has 2 aromatic carbocycles. The molecule has 0 aliphatic rings. The van der Waals surface area contributed by atoms with E-state index in [0.29, 0.717) is 13.3 Å². The summed E-state index contributed by atoms with van der Waals surface area (Å²) in [7, 11) is 2.04. The molecule has 5 rings (SSSR count). The molecular formula is C37H62N8OSSn12. The molecule has 0 unspecified atom stereocenters. The van der Waals surface area contributed by atoms with Crippen molar-refractivity contribution in [3.05, 3.63) is 89.2 Å². The third kappa shape index (κ3) is 45.8. The first-order valence-corrected chi connectivity index (χ1v) is 17.9. The fourth-order valence-corrected chi connectivity index (χ4v) is 5.18. The van der Waals surface area contributed by atoms with Crippen LogP contribution in [0.2, 0.25) is 0 Å². The molecular weight excluding hydrogens is 2030 g/mol. The number of thiazole rings is 1. The van der Waals surface area contributed by atoms with Crippen LogP contribution in [0.15, 0.2) is 67.0 Å². The Balaban J connectivity index is -0.0000000569. The zero-order valence-electron chi connectivity index (χ0n) is 35.8. The number of aromatic nitrogens is 7. The van der Waals surface area contributed by atoms with Gasteiger partial charge in [0.15, 0.2) is 12.6 Å². The first-order valence-electron chi connectivity index (χ1n) is 17.1. The van der Waals surface area contributed by atoms with Gasteiger partial charge in [-0.05, 0) is 55.0 Å². The van der Waals surface area contributed by atoms with Crippen LogP contribution in [0.3, 0.4) is 0 Å². The number of nitrogens with zero attached hydrogens (tertiary/aromatic N) is 8. The topological polar surface area (TPSA) is 107 Å². The fraction of sp³-hybridized carbons (Fsp3) is 0.514. The number of rotatable bonds is 15. The van der Waals surface area contributed by atoms with E-state index in [0.717, 1.165) is 68.3 Å². The third-order valence-electron chi connectivity index (χ3n) is 6.97. The Bertz CT molecular complexity index is 1520. The Morgan fingerprint density at radius 1 is 0.695 bits per heavy atom. The van der Waals surface area contributed by atoms with E-state index in [4.69, 9.17) is 10.00 Å². The number of hydrogen-bond donors (Lipinski definition) is 0. The van der Waals surface area contributed by atoms with Crippen LogP contribution < -0.4 is 0 Å². The standard InChI is InChI=1S/C13H18N4O.C11H13NS.C8H14N2.C5H9N.12Sn.8H/c1-2-3-9-13-14-16-17(15-13)11-18-10-12-7-5-4-6-8-12;1-2-3-8-11-12-9-6-4-5-7-10(9)13-11;1-3-4-5-8-9-6-7-10(8)2;1-2-3-4-5-6;;;;;;;;;;;;;;;;;;;;/h4-8H,2-3,9-11H2,1H3;4-7H,2-3,8H2,1H3;6-7H,3-5H2,1-2H3;2-4H2,1H3;;;;;;;;;;;;;;;;;;;;. The van der Waals surface area contributed by atoms with Crippen molar-refractivity contribution >= 4 is 308 Å². The number of fused-ring (bicyclic) bond motifs is 1. The minimum absolute atomic E-state index is 0. The number of nitriles is 1. The van der Waals surface area contributed by atoms with Crippen LogP contribution in [0.25, 0.3) is 10.2 Å². The monoisotopic (exact) mass is 2110 g/mol. The van der Waals surface area contributed by atoms with E-state index in [1.165, 1.54) is 46.0 Å². The van der Waals surface area contributed by atoms with E-state index in [1.807, 2.05) is 67.2 Å². The minimum Gasteiger partial charge on any atom is 0 e. The number of aryl methyl sites for hydroxylation is 4. The number of hydrogen-bond acceptors (Lipinski definition) is 8. The van der Waals surface area contributed by atoms with E-state index < -0.39 is 0 Å². The van der Waals surface area contributed by atoms with Crippen LogP contribution in [0.4, 0.5) is 0 Å². The van der Waals surface area contributed by atoms with Gasteiger partial charge in [0, 0.05) is 134 Å². The van der Waals surface area contributed by atoms with Gasteiger partial charge in [0.05, 0.1) is 27.9 Å². The maximum atomic E-state index is 7.95. The number of imidazole rings is 1. The van der Waals surface area contributed by atoms with E-state index >= 15 is 0 Å². The second kappa shape index (κ2) is 63.6. The molecule has 0 fully saturated rings. The quantitative estimate of drug-likeness (QED) is 0.117. The molecule has 0 N–H and O–H groups in total. The Hall–Kier alpha value is 5.64. The van der Waals surface area contributed by atoms with Crippen molar-refractivity contribution in [3.63, 3.8) is 0 Å². The van der Waals surface area contributed by atoms with Crippen LogP contribution in [0.5, 0.6) is 0 Å². The molecule has 3 heterocycles. The van der Waals surface area contributed by atoms with Crippen molar-refractivity contribution in [3.8, 4) is 6.07 Å². The van der Waals surface area contributed by atoms with Crippen molar-refractivity contribution < 1.29 is 4.74 Å². The molecule has 0 saturated carbocycles. The van der Waals surface area contributed by atoms with Crippen molar-refractivity contribution in [2.45, 2.75) is 118 Å². The number of tetrazole rings is 1. The predicted octanol–water partition coefficient (Wildman–Crippen LogP) is 2.58. The largest absolute Gasteiger partial charge is 0 e. The Labute approximate surface area is 563 Å². The zero-order valence-corrected chi connectivity index (χ0v) is 74.4. The summed E-state index contributed by atoms with van der Waals surface area (Å²) in [5, 5.41) is 21.4. The van der Waals surface area contributed by atoms with E-state index in [2.05, 4.69) is 81.9 Å². The van der Waals surface area contributed by atoms with E-state index in [9.17, 15) is 0 Å². The molecule has 0 bridgehead atoms. The van der Waals surface area contributed by atoms with Gasteiger partial charge in [-0.15, -0.1) is 26.3 Å². The van der Waals surface area contributed by atoms with Crippen LogP contribution in [0.1, 0.15) is 108 Å². The number of para-hydroxylation sites is 1. The molecule has 0 spiro atoms. The Morgan fingerprint density at radius 3 is 1.75 bits per heavy atom. The van der Waals surface area contributed by atoms with Gasteiger partial charge >= 0.3 is 191 Å². The van der Waals surface area contributed by atoms with Crippen LogP contribution in [-0.2, 0) is 44.4 Å². The van der Waals surface area contributed by atoms with Crippen molar-refractivity contribution in [1.82, 2.24) is 34.7 Å². The summed E-state index contributed by atoms with van der Waals surface area (Å²) in [5.74, 6) is 1.99. The number of unbranched alkanes of at least 4 members (excludes halogenated alkanes) is 5. The van der Waals surface area contributed by atoms with Gasteiger partial charge in [-0.1, -0.05) is 95.8 Å². The molecule has 3 aromatic heterocycles. The second-order valence-electron chi connectivity index (χ2n) is 11.1. The Morgan fingerprint density at radius 2 is 1.24 bits per heavy atom. The first-order chi connectivity index (χ1) is 23.0. The van der Waals surface area contributed by atoms with Gasteiger partial charge < -0.3 is 9.30 Å². The third-order valence-corrected chi connectivity index (χ3v) is 8.06. The fourth-order valence-electron chi connectivity index (χ4n) is 4.17. The summed E-state index contributed by atoms with van der Waals surface area (Å²) in [6.45, 7) is 9.54. The van der Waals surface area contributed by atoms with E-state index in [1.54, 1.807) is 0 Å². The van der Waals surface area contributed by atoms with Gasteiger partial charge in [-0.25, -0.2) is 9.97 Å². The maximum absolute atomic E-state index is 7.95. The minimum atomic E-state index is 0. The van der Waals surface area contributed by atoms with Gasteiger partial charge in [0.2, 0.25) is 0 Å². The van der Waals surface area contributed by atoms with Gasteiger partial charge in [-0.3, -0.25) is 0 Å². The molecule has 22 heteroatoms. The van der Waals surface area contributed by atoms with Crippen molar-refractivity contribution in [2.24, 2.45) is 7.05 Å². The summed E-state index contributed by atoms with van der Waals surface area (Å²) in [6, 6.07) is 20.5. The smallest absolute Gasteiger partial charge is 0 e. The molecule has 0 aliphatic heterocycles. The van der Waals surface area contributed by atoms with E-state index in [-0.39, 0.29) is 287 Å². The maximum Gasteiger partial charge on any atom is 0 e. The summed E-state index contributed by atoms with van der Waals surface area (Å²) in [4.78, 5) is 10.3. The molecule has 40 radical (unpaired) electrons. The second-order valence-corrected chi connectivity index (χ2v) is 12.3. The molecule has 0 aliphatic carbocycles. The number of ether oxygens (including phenoxy) is 1. The molecule has 0 saturated heterocycles. The molecule has 9 nitrogen and oxygen atoms in total. The average Bonchev–Trinajstić information content (AvgIpc) is 3.85. The van der Waals surface area contributed by atoms with Gasteiger partial charge in [0.25, 0.3) is 0 Å². The predicted molar refractivity (Wildman–Crippen MR) is 273 cm³/mol. The first kappa shape index (κ1) is 91.0. The molecule has 5 aromatic rings. The Kier molecular flexibility index (Phi) is 98.2. The summed E-state index contributed by atoms with van der Waals surface area (Å²) < 4.78 is 8.91. The van der Waals surface area contributed by atoms with Crippen LogP contribution in [0, 0.1) is 11.3 Å². The van der Waals surface area contributed by atoms with Crippen LogP contribution >= 0.6 is 11.3 Å². The summed E-state index contributed by atoms with van der Waals surface area (Å²) >= 11 is 1.83. The normalized spacial score (nSPS) is 8.14. The van der Waals surface area contributed by atoms with Crippen molar-refractivity contribution in [2.75, 3.05) is 0 Å². The summed E-state index contributed by atoms with van der Waals surface area (Å²) in [5.41, 5.74) is 2.29. The molecule has 59 heavy (non-hydrogen) atoms. The molecule has 310 valence electrons. The molecule has 0 amide bonds.